The molecule has 0 nitrogen and oxygen atoms in total. The first-order valence-corrected chi connectivity index (χ1v) is 12.5. The average Bonchev–Trinajstić information content (AvgIpc) is 2.37. The van der Waals surface area contributed by atoms with Crippen molar-refractivity contribution in [1.29, 1.82) is 0 Å². The molecule has 0 amide bonds. The second kappa shape index (κ2) is 8.72. The highest BCUT2D eigenvalue weighted by Gasteiger charge is 2.26. The Bertz CT molecular complexity index is 348. The first-order valence-electron chi connectivity index (χ1n) is 7.08. The molecule has 0 fully saturated rings. The quantitative estimate of drug-likeness (QED) is 0.563. The zero-order chi connectivity index (χ0) is 14.3. The molecule has 0 bridgehead atoms. The molecule has 0 saturated heterocycles. The Morgan fingerprint density at radius 3 is 2.00 bits per heavy atom. The van der Waals surface area contributed by atoms with Crippen molar-refractivity contribution in [3.05, 3.63) is 35.9 Å². The Morgan fingerprint density at radius 1 is 0.895 bits per heavy atom. The van der Waals surface area contributed by atoms with Crippen molar-refractivity contribution in [2.45, 2.75) is 24.4 Å². The molecule has 0 spiro atoms. The van der Waals surface area contributed by atoms with E-state index in [0.717, 1.165) is 0 Å². The maximum atomic E-state index is 3.20. The van der Waals surface area contributed by atoms with E-state index in [1.807, 2.05) is 0 Å². The third-order valence-electron chi connectivity index (χ3n) is 3.58. The maximum Gasteiger partial charge on any atom is 0.0101 e. The van der Waals surface area contributed by atoms with Crippen molar-refractivity contribution >= 4 is 25.1 Å². The van der Waals surface area contributed by atoms with E-state index in [1.54, 1.807) is 0 Å². The molecule has 0 aliphatic heterocycles. The van der Waals surface area contributed by atoms with Crippen LogP contribution < -0.4 is 0 Å². The second-order valence-corrected chi connectivity index (χ2v) is 12.3. The first kappa shape index (κ1) is 17.6. The minimum atomic E-state index is 0.208. The van der Waals surface area contributed by atoms with Crippen LogP contribution >= 0.6 is 25.1 Å². The van der Waals surface area contributed by atoms with Crippen LogP contribution in [0.1, 0.15) is 24.8 Å². The van der Waals surface area contributed by atoms with Gasteiger partial charge in [0.25, 0.3) is 0 Å². The van der Waals surface area contributed by atoms with E-state index in [-0.39, 0.29) is 15.8 Å². The Balaban J connectivity index is 2.72. The number of rotatable bonds is 8. The third kappa shape index (κ3) is 6.67. The summed E-state index contributed by atoms with van der Waals surface area (Å²) in [5.41, 5.74) is 1.51. The van der Waals surface area contributed by atoms with E-state index in [9.17, 15) is 0 Å². The summed E-state index contributed by atoms with van der Waals surface area (Å²) < 4.78 is 0. The fraction of sp³-hybridized carbons (Fsp3) is 0.625. The molecule has 1 rings (SSSR count). The van der Waals surface area contributed by atoms with Gasteiger partial charge < -0.3 is 0 Å². The highest BCUT2D eigenvalue weighted by molar-refractivity contribution is 7.56. The summed E-state index contributed by atoms with van der Waals surface area (Å²) >= 11 is 0. The van der Waals surface area contributed by atoms with Crippen LogP contribution in [0.3, 0.4) is 0 Å². The Hall–Kier alpha value is 0.510. The molecule has 1 aromatic rings. The van der Waals surface area contributed by atoms with Crippen LogP contribution in [0.2, 0.25) is 0 Å². The fourth-order valence-corrected chi connectivity index (χ4v) is 4.74. The molecule has 19 heavy (non-hydrogen) atoms. The summed E-state index contributed by atoms with van der Waals surface area (Å²) in [5, 5.41) is 0.305. The van der Waals surface area contributed by atoms with Crippen LogP contribution in [0.15, 0.2) is 30.3 Å². The number of hydrogen-bond donors (Lipinski definition) is 0. The average molecular weight is 314 g/mol. The predicted molar refractivity (Wildman–Crippen MR) is 99.0 cm³/mol. The standard InChI is InChI=1S/C16H29P3/c1-18(2)13-8-11-16(17,12-14-19(3)4)15-9-6-5-7-10-15/h5-7,9-10H,8,11-14,17H2,1-4H3. The van der Waals surface area contributed by atoms with Crippen molar-refractivity contribution in [1.82, 2.24) is 0 Å². The smallest absolute Gasteiger partial charge is 0.0101 e. The van der Waals surface area contributed by atoms with Crippen LogP contribution in [0.5, 0.6) is 0 Å². The highest BCUT2D eigenvalue weighted by Crippen LogP contribution is 2.44. The summed E-state index contributed by atoms with van der Waals surface area (Å²) in [6.45, 7) is 9.56. The first-order chi connectivity index (χ1) is 8.94. The molecule has 0 saturated carbocycles. The van der Waals surface area contributed by atoms with Crippen LogP contribution in [0, 0.1) is 0 Å². The molecule has 2 atom stereocenters. The van der Waals surface area contributed by atoms with Crippen LogP contribution in [0.4, 0.5) is 0 Å². The van der Waals surface area contributed by atoms with Gasteiger partial charge in [-0.25, -0.2) is 0 Å². The van der Waals surface area contributed by atoms with Gasteiger partial charge in [0.2, 0.25) is 0 Å². The van der Waals surface area contributed by atoms with Gasteiger partial charge in [-0.1, -0.05) is 30.3 Å². The SMILES string of the molecule is CP(C)CCCC(P)(CCP(C)C)c1ccccc1. The van der Waals surface area contributed by atoms with Gasteiger partial charge in [0.1, 0.15) is 0 Å². The van der Waals surface area contributed by atoms with Crippen LogP contribution in [-0.2, 0) is 5.16 Å². The molecule has 2 unspecified atom stereocenters. The Kier molecular flexibility index (Phi) is 8.06. The van der Waals surface area contributed by atoms with Crippen molar-refractivity contribution in [2.75, 3.05) is 39.0 Å². The molecule has 108 valence electrons. The molecule has 0 N–H and O–H groups in total. The molecule has 1 aromatic carbocycles. The summed E-state index contributed by atoms with van der Waals surface area (Å²) in [7, 11) is 3.65. The summed E-state index contributed by atoms with van der Waals surface area (Å²) in [6, 6.07) is 11.1. The third-order valence-corrected chi connectivity index (χ3v) is 6.82. The van der Waals surface area contributed by atoms with Gasteiger partial charge in [-0.15, -0.1) is 25.1 Å². The van der Waals surface area contributed by atoms with Crippen LogP contribution in [-0.4, -0.2) is 39.0 Å². The van der Waals surface area contributed by atoms with Gasteiger partial charge in [0.15, 0.2) is 0 Å². The van der Waals surface area contributed by atoms with Crippen molar-refractivity contribution in [3.8, 4) is 0 Å². The lowest BCUT2D eigenvalue weighted by Crippen LogP contribution is -2.19. The zero-order valence-electron chi connectivity index (χ0n) is 12.9. The van der Waals surface area contributed by atoms with E-state index in [1.165, 1.54) is 37.1 Å². The fourth-order valence-electron chi connectivity index (χ4n) is 2.32. The minimum Gasteiger partial charge on any atom is -0.126 e. The molecule has 3 heteroatoms. The highest BCUT2D eigenvalue weighted by atomic mass is 31.1. The maximum absolute atomic E-state index is 3.20. The molecular weight excluding hydrogens is 285 g/mol. The van der Waals surface area contributed by atoms with Crippen molar-refractivity contribution in [3.63, 3.8) is 0 Å². The lowest BCUT2D eigenvalue weighted by atomic mass is 9.91. The Labute approximate surface area is 124 Å². The predicted octanol–water partition coefficient (Wildman–Crippen LogP) is 5.41. The molecule has 0 aliphatic rings. The second-order valence-electron chi connectivity index (χ2n) is 5.98. The Morgan fingerprint density at radius 2 is 1.47 bits per heavy atom. The van der Waals surface area contributed by atoms with Crippen molar-refractivity contribution < 1.29 is 0 Å². The largest absolute Gasteiger partial charge is 0.126 e. The van der Waals surface area contributed by atoms with Gasteiger partial charge in [-0.2, -0.15) is 0 Å². The molecule has 0 radical (unpaired) electrons. The van der Waals surface area contributed by atoms with Crippen LogP contribution in [0.25, 0.3) is 0 Å². The zero-order valence-corrected chi connectivity index (χ0v) is 15.8. The lowest BCUT2D eigenvalue weighted by molar-refractivity contribution is 0.545. The van der Waals surface area contributed by atoms with E-state index >= 15 is 0 Å². The molecule has 0 aliphatic carbocycles. The molecule has 0 heterocycles. The normalized spacial score (nSPS) is 14.9. The molecular formula is C16H29P3. The monoisotopic (exact) mass is 314 g/mol. The molecule has 0 aromatic heterocycles. The van der Waals surface area contributed by atoms with Gasteiger partial charge in [-0.05, 0) is 63.8 Å². The lowest BCUT2D eigenvalue weighted by Gasteiger charge is -2.31. The number of benzene rings is 1. The van der Waals surface area contributed by atoms with E-state index in [4.69, 9.17) is 0 Å². The summed E-state index contributed by atoms with van der Waals surface area (Å²) in [5.74, 6) is 0. The minimum absolute atomic E-state index is 0.208. The van der Waals surface area contributed by atoms with E-state index in [2.05, 4.69) is 66.2 Å². The van der Waals surface area contributed by atoms with Gasteiger partial charge in [-0.3, -0.25) is 0 Å². The number of hydrogen-bond acceptors (Lipinski definition) is 0. The van der Waals surface area contributed by atoms with Crippen molar-refractivity contribution in [2.24, 2.45) is 0 Å². The topological polar surface area (TPSA) is 0 Å². The van der Waals surface area contributed by atoms with Gasteiger partial charge in [0, 0.05) is 5.16 Å². The summed E-state index contributed by atoms with van der Waals surface area (Å²) in [4.78, 5) is 0. The summed E-state index contributed by atoms with van der Waals surface area (Å²) in [6.07, 6.45) is 6.77. The van der Waals surface area contributed by atoms with E-state index in [0.29, 0.717) is 5.16 Å². The van der Waals surface area contributed by atoms with Gasteiger partial charge in [0.05, 0.1) is 0 Å². The van der Waals surface area contributed by atoms with Gasteiger partial charge >= 0.3 is 0 Å². The van der Waals surface area contributed by atoms with E-state index < -0.39 is 0 Å².